The SMILES string of the molecule is c1ccc2c(c1)-c1cccc3cc4c5c(c13)c1c-2cccc1n5-c1cccc2c1B4c1cccc3c4c5ccccc5ccc4n-2c13. The molecule has 2 nitrogen and oxygen atoms in total. The van der Waals surface area contributed by atoms with Crippen LogP contribution in [0.15, 0.2) is 140 Å². The molecule has 2 aromatic heterocycles. The average Bonchev–Trinajstić information content (AvgIpc) is 3.62. The van der Waals surface area contributed by atoms with E-state index < -0.39 is 0 Å². The predicted octanol–water partition coefficient (Wildman–Crippen LogP) is 8.98. The third-order valence-electron chi connectivity index (χ3n) is 11.6. The van der Waals surface area contributed by atoms with E-state index >= 15 is 0 Å². The van der Waals surface area contributed by atoms with Gasteiger partial charge in [-0.2, -0.15) is 0 Å². The van der Waals surface area contributed by atoms with Gasteiger partial charge in [0.15, 0.2) is 0 Å². The Balaban J connectivity index is 1.29. The smallest absolute Gasteiger partial charge is 0.252 e. The van der Waals surface area contributed by atoms with E-state index in [0.717, 1.165) is 0 Å². The lowest BCUT2D eigenvalue weighted by molar-refractivity contribution is 1.14. The summed E-state index contributed by atoms with van der Waals surface area (Å²) < 4.78 is 5.18. The number of aromatic nitrogens is 2. The van der Waals surface area contributed by atoms with Gasteiger partial charge in [-0.25, -0.2) is 0 Å². The van der Waals surface area contributed by atoms with E-state index in [-0.39, 0.29) is 6.71 Å². The fourth-order valence-corrected chi connectivity index (χ4v) is 9.99. The number of fused-ring (bicyclic) bond motifs is 13. The second-order valence-electron chi connectivity index (χ2n) is 13.6. The maximum absolute atomic E-state index is 2.61. The normalized spacial score (nSPS) is 13.5. The van der Waals surface area contributed by atoms with Gasteiger partial charge in [0.05, 0.1) is 16.6 Å². The number of benzene rings is 8. The molecule has 13 rings (SSSR count). The molecule has 0 bridgehead atoms. The van der Waals surface area contributed by atoms with Crippen LogP contribution >= 0.6 is 0 Å². The van der Waals surface area contributed by atoms with E-state index in [4.69, 9.17) is 0 Å². The minimum Gasteiger partial charge on any atom is -0.310 e. The number of para-hydroxylation sites is 1. The second-order valence-corrected chi connectivity index (χ2v) is 13.6. The van der Waals surface area contributed by atoms with Crippen molar-refractivity contribution in [1.82, 2.24) is 9.13 Å². The Morgan fingerprint density at radius 1 is 0.383 bits per heavy atom. The third-order valence-corrected chi connectivity index (χ3v) is 11.6. The summed E-state index contributed by atoms with van der Waals surface area (Å²) in [5, 5.41) is 10.8. The quantitative estimate of drug-likeness (QED) is 0.156. The molecule has 3 aliphatic rings. The van der Waals surface area contributed by atoms with E-state index in [9.17, 15) is 0 Å². The first-order chi connectivity index (χ1) is 23.4. The Labute approximate surface area is 269 Å². The van der Waals surface area contributed by atoms with Crippen molar-refractivity contribution in [2.24, 2.45) is 0 Å². The van der Waals surface area contributed by atoms with Gasteiger partial charge in [0, 0.05) is 38.4 Å². The highest BCUT2D eigenvalue weighted by atomic mass is 15.0. The van der Waals surface area contributed by atoms with Crippen molar-refractivity contribution < 1.29 is 0 Å². The minimum atomic E-state index is 0.131. The summed E-state index contributed by atoms with van der Waals surface area (Å²) in [6, 6.07) is 52.9. The van der Waals surface area contributed by atoms with Crippen LogP contribution in [-0.2, 0) is 0 Å². The number of hydrogen-bond acceptors (Lipinski definition) is 0. The molecule has 0 saturated heterocycles. The van der Waals surface area contributed by atoms with Gasteiger partial charge in [-0.05, 0) is 84.5 Å². The van der Waals surface area contributed by atoms with Gasteiger partial charge in [-0.3, -0.25) is 0 Å². The average molecular weight is 590 g/mol. The lowest BCUT2D eigenvalue weighted by Gasteiger charge is -2.33. The molecular weight excluding hydrogens is 567 g/mol. The van der Waals surface area contributed by atoms with Gasteiger partial charge in [0.2, 0.25) is 0 Å². The summed E-state index contributed by atoms with van der Waals surface area (Å²) in [5.74, 6) is 0. The highest BCUT2D eigenvalue weighted by molar-refractivity contribution is 7.00. The number of hydrogen-bond donors (Lipinski definition) is 0. The molecule has 1 aliphatic carbocycles. The monoisotopic (exact) mass is 590 g/mol. The predicted molar refractivity (Wildman–Crippen MR) is 199 cm³/mol. The summed E-state index contributed by atoms with van der Waals surface area (Å²) in [5.41, 5.74) is 17.4. The summed E-state index contributed by atoms with van der Waals surface area (Å²) in [6.45, 7) is 0.131. The summed E-state index contributed by atoms with van der Waals surface area (Å²) >= 11 is 0. The molecular formula is C44H23BN2. The van der Waals surface area contributed by atoms with E-state index in [1.54, 1.807) is 0 Å². The zero-order valence-electron chi connectivity index (χ0n) is 25.3. The highest BCUT2D eigenvalue weighted by Gasteiger charge is 2.41. The first-order valence-electron chi connectivity index (χ1n) is 16.6. The van der Waals surface area contributed by atoms with Crippen molar-refractivity contribution in [2.45, 2.75) is 0 Å². The highest BCUT2D eigenvalue weighted by Crippen LogP contribution is 2.50. The Kier molecular flexibility index (Phi) is 3.80. The molecule has 10 aromatic rings. The van der Waals surface area contributed by atoms with Crippen molar-refractivity contribution in [3.63, 3.8) is 0 Å². The summed E-state index contributed by atoms with van der Waals surface area (Å²) in [6.07, 6.45) is 0. The molecule has 0 unspecified atom stereocenters. The molecule has 0 atom stereocenters. The van der Waals surface area contributed by atoms with Crippen molar-refractivity contribution in [1.29, 1.82) is 0 Å². The summed E-state index contributed by atoms with van der Waals surface area (Å²) in [4.78, 5) is 0. The van der Waals surface area contributed by atoms with Crippen molar-refractivity contribution in [3.05, 3.63) is 140 Å². The van der Waals surface area contributed by atoms with Crippen molar-refractivity contribution >= 4 is 88.3 Å². The first kappa shape index (κ1) is 23.3. The number of rotatable bonds is 0. The van der Waals surface area contributed by atoms with Crippen LogP contribution in [-0.4, -0.2) is 15.8 Å². The van der Waals surface area contributed by atoms with Gasteiger partial charge in [0.1, 0.15) is 0 Å². The first-order valence-corrected chi connectivity index (χ1v) is 16.6. The van der Waals surface area contributed by atoms with Gasteiger partial charge >= 0.3 is 0 Å². The molecule has 0 saturated carbocycles. The van der Waals surface area contributed by atoms with Crippen molar-refractivity contribution in [3.8, 4) is 33.6 Å². The summed E-state index contributed by atoms with van der Waals surface area (Å²) in [7, 11) is 0. The largest absolute Gasteiger partial charge is 0.310 e. The zero-order chi connectivity index (χ0) is 30.1. The van der Waals surface area contributed by atoms with Gasteiger partial charge < -0.3 is 9.13 Å². The molecule has 0 spiro atoms. The van der Waals surface area contributed by atoms with Gasteiger partial charge in [-0.15, -0.1) is 0 Å². The Morgan fingerprint density at radius 2 is 1.02 bits per heavy atom. The third kappa shape index (κ3) is 2.46. The number of nitrogens with zero attached hydrogens (tertiary/aromatic N) is 2. The molecule has 47 heavy (non-hydrogen) atoms. The van der Waals surface area contributed by atoms with E-state index in [1.807, 2.05) is 0 Å². The minimum absolute atomic E-state index is 0.131. The zero-order valence-corrected chi connectivity index (χ0v) is 25.3. The Hall–Kier alpha value is -6.06. The van der Waals surface area contributed by atoms with E-state index in [1.165, 1.54) is 115 Å². The second kappa shape index (κ2) is 7.66. The Bertz CT molecular complexity index is 3140. The van der Waals surface area contributed by atoms with Crippen LogP contribution in [0.3, 0.4) is 0 Å². The van der Waals surface area contributed by atoms with E-state index in [2.05, 4.69) is 149 Å². The lowest BCUT2D eigenvalue weighted by atomic mass is 9.34. The fourth-order valence-electron chi connectivity index (χ4n) is 9.99. The van der Waals surface area contributed by atoms with Gasteiger partial charge in [0.25, 0.3) is 6.71 Å². The van der Waals surface area contributed by atoms with Gasteiger partial charge in [-0.1, -0.05) is 115 Å². The van der Waals surface area contributed by atoms with Crippen LogP contribution < -0.4 is 16.4 Å². The molecule has 2 aliphatic heterocycles. The van der Waals surface area contributed by atoms with Crippen LogP contribution in [0.25, 0.3) is 98.8 Å². The molecule has 0 fully saturated rings. The molecule has 4 heterocycles. The maximum atomic E-state index is 2.61. The van der Waals surface area contributed by atoms with Crippen LogP contribution in [0.1, 0.15) is 0 Å². The molecule has 3 heteroatoms. The van der Waals surface area contributed by atoms with E-state index in [0.29, 0.717) is 0 Å². The molecule has 212 valence electrons. The van der Waals surface area contributed by atoms with Crippen LogP contribution in [0.5, 0.6) is 0 Å². The van der Waals surface area contributed by atoms with Crippen LogP contribution in [0, 0.1) is 0 Å². The van der Waals surface area contributed by atoms with Crippen molar-refractivity contribution in [2.75, 3.05) is 0 Å². The molecule has 0 amide bonds. The van der Waals surface area contributed by atoms with Crippen LogP contribution in [0.4, 0.5) is 0 Å². The molecule has 0 N–H and O–H groups in total. The maximum Gasteiger partial charge on any atom is 0.252 e. The molecule has 0 radical (unpaired) electrons. The Morgan fingerprint density at radius 3 is 1.89 bits per heavy atom. The fraction of sp³-hybridized carbons (Fsp3) is 0. The molecule has 8 aromatic carbocycles. The standard InChI is InChI=1S/C44H23BN2/c1-2-11-26-24(9-1)21-22-35-39(26)31-16-6-17-32-43(31)46(35)36-19-8-20-37-42(36)45(32)33-23-25-10-5-14-29-27-12-3-4-13-28(27)30-15-7-18-34-40(30)41(38(25)29)44(33)47(34)37/h1-23H. The van der Waals surface area contributed by atoms with Crippen LogP contribution in [0.2, 0.25) is 0 Å². The topological polar surface area (TPSA) is 9.86 Å². The lowest BCUT2D eigenvalue weighted by Crippen LogP contribution is -2.59.